The van der Waals surface area contributed by atoms with Crippen molar-refractivity contribution < 1.29 is 5.32 Å². The lowest BCUT2D eigenvalue weighted by atomic mass is 9.90. The Morgan fingerprint density at radius 2 is 1.54 bits per heavy atom. The third-order valence-electron chi connectivity index (χ3n) is 11.6. The number of allylic oxidation sites excluding steroid dienone is 5. The van der Waals surface area contributed by atoms with Crippen LogP contribution in [0, 0.1) is 5.92 Å². The molecule has 5 aromatic carbocycles. The van der Waals surface area contributed by atoms with Gasteiger partial charge in [0, 0.05) is 55.7 Å². The van der Waals surface area contributed by atoms with Crippen molar-refractivity contribution in [3.8, 4) is 5.69 Å². The standard InChI is InChI=1S/C48H37N3S/c1-28-14-21-37-43(26-28)52-48-45(37)36-12-6-5-11-35(36)44-38-13-7-8-29(2)46(38)51(47(44)48)34-19-17-31(18-20-34)39-22-24-42-41(49-39)25-23-40(50-42)33-16-15-30-9-3-4-10-32(30)27-33/h3-7,9-25,27-29,41,49H,8,26H2,1-2H3/p+1. The zero-order valence-electron chi connectivity index (χ0n) is 29.3. The highest BCUT2D eigenvalue weighted by atomic mass is 32.1. The monoisotopic (exact) mass is 688 g/mol. The molecule has 11 rings (SSSR count). The van der Waals surface area contributed by atoms with Gasteiger partial charge in [0.15, 0.2) is 6.04 Å². The Bertz CT molecular complexity index is 2850. The van der Waals surface area contributed by atoms with E-state index in [-0.39, 0.29) is 6.04 Å². The Hall–Kier alpha value is -5.55. The lowest BCUT2D eigenvalue weighted by molar-refractivity contribution is -0.583. The highest BCUT2D eigenvalue weighted by Crippen LogP contribution is 2.50. The van der Waals surface area contributed by atoms with Crippen molar-refractivity contribution in [2.75, 3.05) is 0 Å². The van der Waals surface area contributed by atoms with Crippen LogP contribution in [0.4, 0.5) is 0 Å². The van der Waals surface area contributed by atoms with E-state index in [9.17, 15) is 0 Å². The summed E-state index contributed by atoms with van der Waals surface area (Å²) >= 11 is 2.02. The number of hydrogen-bond acceptors (Lipinski definition) is 2. The van der Waals surface area contributed by atoms with Crippen LogP contribution in [-0.4, -0.2) is 16.3 Å². The maximum absolute atomic E-state index is 5.11. The Labute approximate surface area is 307 Å². The minimum atomic E-state index is 0.167. The van der Waals surface area contributed by atoms with Crippen LogP contribution < -0.4 is 5.32 Å². The summed E-state index contributed by atoms with van der Waals surface area (Å²) < 4.78 is 4.04. The average molecular weight is 689 g/mol. The molecule has 0 saturated carbocycles. The van der Waals surface area contributed by atoms with Crippen LogP contribution in [0.2, 0.25) is 0 Å². The van der Waals surface area contributed by atoms with Crippen LogP contribution in [0.15, 0.2) is 138 Å². The molecule has 0 amide bonds. The second kappa shape index (κ2) is 11.5. The van der Waals surface area contributed by atoms with E-state index in [1.165, 1.54) is 81.2 Å². The molecule has 0 radical (unpaired) electrons. The van der Waals surface area contributed by atoms with E-state index in [0.717, 1.165) is 29.8 Å². The van der Waals surface area contributed by atoms with Crippen molar-refractivity contribution in [2.24, 2.45) is 10.9 Å². The summed E-state index contributed by atoms with van der Waals surface area (Å²) in [5.41, 5.74) is 12.6. The molecule has 52 heavy (non-hydrogen) atoms. The molecule has 4 heterocycles. The number of hydrogen-bond donors (Lipinski definition) is 1. The number of nitrogens with zero attached hydrogens (tertiary/aromatic N) is 2. The molecule has 4 aliphatic rings. The summed E-state index contributed by atoms with van der Waals surface area (Å²) in [4.78, 5) is 6.63. The van der Waals surface area contributed by atoms with E-state index >= 15 is 0 Å². The molecule has 2 aliphatic carbocycles. The predicted octanol–water partition coefficient (Wildman–Crippen LogP) is 11.1. The third-order valence-corrected chi connectivity index (χ3v) is 12.9. The van der Waals surface area contributed by atoms with Crippen LogP contribution >= 0.6 is 11.3 Å². The topological polar surface area (TPSA) is 33.9 Å². The zero-order valence-corrected chi connectivity index (χ0v) is 30.1. The molecule has 0 spiro atoms. The number of nitrogens with two attached hydrogens (primary N) is 1. The third kappa shape index (κ3) is 4.51. The van der Waals surface area contributed by atoms with Crippen molar-refractivity contribution >= 4 is 77.4 Å². The van der Waals surface area contributed by atoms with Gasteiger partial charge in [-0.3, -0.25) is 0 Å². The molecule has 2 aromatic heterocycles. The van der Waals surface area contributed by atoms with Gasteiger partial charge in [0.2, 0.25) is 0 Å². The Kier molecular flexibility index (Phi) is 6.65. The van der Waals surface area contributed by atoms with Gasteiger partial charge in [-0.25, -0.2) is 4.99 Å². The van der Waals surface area contributed by atoms with Gasteiger partial charge in [-0.2, -0.15) is 0 Å². The molecular formula is C48H38N3S+. The second-order valence-electron chi connectivity index (χ2n) is 15.0. The summed E-state index contributed by atoms with van der Waals surface area (Å²) in [7, 11) is 0. The molecule has 7 aromatic rings. The van der Waals surface area contributed by atoms with Gasteiger partial charge < -0.3 is 9.88 Å². The van der Waals surface area contributed by atoms with E-state index in [2.05, 4.69) is 163 Å². The number of benzene rings is 5. The highest BCUT2D eigenvalue weighted by Gasteiger charge is 2.30. The zero-order chi connectivity index (χ0) is 34.5. The Morgan fingerprint density at radius 1 is 0.750 bits per heavy atom. The van der Waals surface area contributed by atoms with Crippen molar-refractivity contribution in [2.45, 2.75) is 38.6 Å². The smallest absolute Gasteiger partial charge is 0.152 e. The van der Waals surface area contributed by atoms with Crippen LogP contribution in [0.3, 0.4) is 0 Å². The molecule has 3 unspecified atom stereocenters. The Morgan fingerprint density at radius 3 is 2.40 bits per heavy atom. The van der Waals surface area contributed by atoms with E-state index in [1.54, 1.807) is 0 Å². The first-order chi connectivity index (χ1) is 25.6. The van der Waals surface area contributed by atoms with Crippen molar-refractivity contribution in [1.82, 2.24) is 4.57 Å². The summed E-state index contributed by atoms with van der Waals surface area (Å²) in [6.45, 7) is 4.73. The van der Waals surface area contributed by atoms with Gasteiger partial charge in [0.05, 0.1) is 15.9 Å². The first kappa shape index (κ1) is 30.1. The summed E-state index contributed by atoms with van der Waals surface area (Å²) in [6.07, 6.45) is 20.7. The lowest BCUT2D eigenvalue weighted by Crippen LogP contribution is -2.87. The lowest BCUT2D eigenvalue weighted by Gasteiger charge is -2.22. The van der Waals surface area contributed by atoms with Crippen LogP contribution in [0.1, 0.15) is 59.0 Å². The maximum atomic E-state index is 5.11. The van der Waals surface area contributed by atoms with Crippen LogP contribution in [0.25, 0.3) is 66.1 Å². The molecule has 4 heteroatoms. The molecule has 3 atom stereocenters. The fraction of sp³-hybridized carbons (Fsp3) is 0.146. The number of rotatable bonds is 3. The molecule has 0 fully saturated rings. The summed E-state index contributed by atoms with van der Waals surface area (Å²) in [5.74, 6) is 0.990. The number of aliphatic imine (C=N–C) groups is 1. The SMILES string of the molecule is CC1C=Cc2c(sc3c2c2ccccc2c2c4c(n(-c5ccc(C6=CC=C7N=C(c8ccc9ccccc9c8)C=CC7[NH2+]6)cc5)c32)C(C)CC=C4)C1. The molecule has 2 N–H and O–H groups in total. The number of aromatic nitrogens is 1. The highest BCUT2D eigenvalue weighted by molar-refractivity contribution is 7.20. The van der Waals surface area contributed by atoms with E-state index in [1.807, 2.05) is 11.3 Å². The molecule has 0 bridgehead atoms. The van der Waals surface area contributed by atoms with Crippen molar-refractivity contribution in [3.63, 3.8) is 0 Å². The van der Waals surface area contributed by atoms with Gasteiger partial charge in [-0.1, -0.05) is 98.8 Å². The summed E-state index contributed by atoms with van der Waals surface area (Å²) in [6, 6.07) is 33.7. The predicted molar refractivity (Wildman–Crippen MR) is 222 cm³/mol. The molecule has 2 aliphatic heterocycles. The Balaban J connectivity index is 1.02. The van der Waals surface area contributed by atoms with Crippen molar-refractivity contribution in [1.29, 1.82) is 0 Å². The van der Waals surface area contributed by atoms with Gasteiger partial charge in [0.1, 0.15) is 11.4 Å². The average Bonchev–Trinajstić information content (AvgIpc) is 3.74. The first-order valence-corrected chi connectivity index (χ1v) is 19.4. The largest absolute Gasteiger partial charge is 0.311 e. The summed E-state index contributed by atoms with van der Waals surface area (Å²) in [5, 5.41) is 10.4. The number of thiophene rings is 1. The minimum Gasteiger partial charge on any atom is -0.311 e. The quantitative estimate of drug-likeness (QED) is 0.192. The number of fused-ring (bicyclic) bond motifs is 12. The van der Waals surface area contributed by atoms with Gasteiger partial charge in [0.25, 0.3) is 0 Å². The first-order valence-electron chi connectivity index (χ1n) is 18.6. The van der Waals surface area contributed by atoms with Gasteiger partial charge in [-0.15, -0.1) is 11.3 Å². The van der Waals surface area contributed by atoms with E-state index in [0.29, 0.717) is 11.8 Å². The molecule has 0 saturated heterocycles. The second-order valence-corrected chi connectivity index (χ2v) is 16.1. The van der Waals surface area contributed by atoms with E-state index < -0.39 is 0 Å². The van der Waals surface area contributed by atoms with Crippen LogP contribution in [0.5, 0.6) is 0 Å². The van der Waals surface area contributed by atoms with Gasteiger partial charge in [-0.05, 0) is 94.4 Å². The minimum absolute atomic E-state index is 0.167. The molecule has 250 valence electrons. The van der Waals surface area contributed by atoms with E-state index in [4.69, 9.17) is 4.99 Å². The maximum Gasteiger partial charge on any atom is 0.152 e. The number of quaternary nitrogens is 1. The molecular weight excluding hydrogens is 651 g/mol. The van der Waals surface area contributed by atoms with Gasteiger partial charge >= 0.3 is 0 Å². The fourth-order valence-electron chi connectivity index (χ4n) is 9.08. The normalized spacial score (nSPS) is 20.6. The fourth-order valence-corrected chi connectivity index (χ4v) is 10.6. The van der Waals surface area contributed by atoms with Crippen LogP contribution in [-0.2, 0) is 6.42 Å². The molecule has 3 nitrogen and oxygen atoms in total. The number of dihydropyridines is 1. The van der Waals surface area contributed by atoms with Crippen molar-refractivity contribution in [3.05, 3.63) is 166 Å².